The van der Waals surface area contributed by atoms with E-state index in [2.05, 4.69) is 4.74 Å². The standard InChI is InChI=1S/C8H9ClO4/c9-3-1-2-7(10)13-6-4-8(11)12-5-6/h1,3,6H,2,4-5H2/b3-1-. The van der Waals surface area contributed by atoms with Crippen LogP contribution in [0.1, 0.15) is 12.8 Å². The molecule has 0 aliphatic carbocycles. The Morgan fingerprint density at radius 3 is 3.08 bits per heavy atom. The summed E-state index contributed by atoms with van der Waals surface area (Å²) in [4.78, 5) is 21.6. The van der Waals surface area contributed by atoms with Crippen LogP contribution in [0.4, 0.5) is 0 Å². The zero-order chi connectivity index (χ0) is 9.68. The van der Waals surface area contributed by atoms with Crippen LogP contribution >= 0.6 is 11.6 Å². The van der Waals surface area contributed by atoms with Crippen LogP contribution in [0.2, 0.25) is 0 Å². The number of hydrogen-bond donors (Lipinski definition) is 0. The zero-order valence-electron chi connectivity index (χ0n) is 6.86. The van der Waals surface area contributed by atoms with E-state index >= 15 is 0 Å². The van der Waals surface area contributed by atoms with E-state index in [-0.39, 0.29) is 25.4 Å². The Hall–Kier alpha value is -1.03. The molecule has 1 saturated heterocycles. The third-order valence-corrected chi connectivity index (χ3v) is 1.67. The van der Waals surface area contributed by atoms with Gasteiger partial charge in [-0.2, -0.15) is 0 Å². The second-order valence-electron chi connectivity index (χ2n) is 2.56. The highest BCUT2D eigenvalue weighted by molar-refractivity contribution is 6.25. The minimum absolute atomic E-state index is 0.119. The number of rotatable bonds is 3. The maximum atomic E-state index is 11.0. The van der Waals surface area contributed by atoms with Gasteiger partial charge in [0.15, 0.2) is 0 Å². The van der Waals surface area contributed by atoms with Crippen molar-refractivity contribution in [1.29, 1.82) is 0 Å². The Balaban J connectivity index is 2.24. The third kappa shape index (κ3) is 3.46. The van der Waals surface area contributed by atoms with Crippen LogP contribution in [0.25, 0.3) is 0 Å². The highest BCUT2D eigenvalue weighted by Crippen LogP contribution is 2.10. The minimum Gasteiger partial charge on any atom is -0.462 e. The molecule has 0 bridgehead atoms. The molecule has 0 spiro atoms. The average Bonchev–Trinajstić information content (AvgIpc) is 2.48. The second-order valence-corrected chi connectivity index (χ2v) is 2.82. The first kappa shape index (κ1) is 10.1. The molecule has 0 aromatic rings. The summed E-state index contributed by atoms with van der Waals surface area (Å²) in [6.45, 7) is 0.162. The van der Waals surface area contributed by atoms with Gasteiger partial charge in [-0.05, 0) is 0 Å². The Bertz CT molecular complexity index is 236. The lowest BCUT2D eigenvalue weighted by Gasteiger charge is -2.06. The van der Waals surface area contributed by atoms with Crippen LogP contribution in [0.3, 0.4) is 0 Å². The number of halogens is 1. The van der Waals surface area contributed by atoms with E-state index in [1.165, 1.54) is 11.6 Å². The highest BCUT2D eigenvalue weighted by atomic mass is 35.5. The van der Waals surface area contributed by atoms with Crippen molar-refractivity contribution in [3.63, 3.8) is 0 Å². The lowest BCUT2D eigenvalue weighted by molar-refractivity contribution is -0.148. The van der Waals surface area contributed by atoms with Crippen molar-refractivity contribution in [3.05, 3.63) is 11.6 Å². The summed E-state index contributed by atoms with van der Waals surface area (Å²) in [6.07, 6.45) is 1.31. The van der Waals surface area contributed by atoms with E-state index in [0.29, 0.717) is 0 Å². The molecule has 1 rings (SSSR count). The van der Waals surface area contributed by atoms with Gasteiger partial charge in [0.2, 0.25) is 0 Å². The summed E-state index contributed by atoms with van der Waals surface area (Å²) < 4.78 is 9.50. The SMILES string of the molecule is O=C1CC(OC(=O)C/C=C\Cl)CO1. The third-order valence-electron chi connectivity index (χ3n) is 1.50. The molecule has 13 heavy (non-hydrogen) atoms. The molecule has 0 amide bonds. The van der Waals surface area contributed by atoms with Crippen LogP contribution in [0.15, 0.2) is 11.6 Å². The molecule has 4 nitrogen and oxygen atoms in total. The molecule has 1 aliphatic rings. The normalized spacial score (nSPS) is 21.9. The van der Waals surface area contributed by atoms with E-state index in [1.807, 2.05) is 0 Å². The van der Waals surface area contributed by atoms with Crippen LogP contribution < -0.4 is 0 Å². The fourth-order valence-corrected chi connectivity index (χ4v) is 1.03. The lowest BCUT2D eigenvalue weighted by atomic mass is 10.3. The number of ether oxygens (including phenoxy) is 2. The average molecular weight is 205 g/mol. The van der Waals surface area contributed by atoms with Crippen molar-refractivity contribution in [1.82, 2.24) is 0 Å². The molecule has 1 heterocycles. The number of carbonyl (C=O) groups excluding carboxylic acids is 2. The Morgan fingerprint density at radius 2 is 2.54 bits per heavy atom. The zero-order valence-corrected chi connectivity index (χ0v) is 7.62. The van der Waals surface area contributed by atoms with Gasteiger partial charge in [-0.25, -0.2) is 0 Å². The topological polar surface area (TPSA) is 52.6 Å². The molecule has 0 aromatic carbocycles. The minimum atomic E-state index is -0.427. The predicted octanol–water partition coefficient (Wildman–Crippen LogP) is 0.988. The number of hydrogen-bond acceptors (Lipinski definition) is 4. The predicted molar refractivity (Wildman–Crippen MR) is 45.1 cm³/mol. The van der Waals surface area contributed by atoms with E-state index in [1.54, 1.807) is 0 Å². The van der Waals surface area contributed by atoms with Gasteiger partial charge >= 0.3 is 11.9 Å². The van der Waals surface area contributed by atoms with Crippen molar-refractivity contribution in [2.24, 2.45) is 0 Å². The fraction of sp³-hybridized carbons (Fsp3) is 0.500. The van der Waals surface area contributed by atoms with Crippen LogP contribution in [0.5, 0.6) is 0 Å². The molecule has 1 aliphatic heterocycles. The molecule has 0 saturated carbocycles. The smallest absolute Gasteiger partial charge is 0.310 e. The monoisotopic (exact) mass is 204 g/mol. The summed E-state index contributed by atoms with van der Waals surface area (Å²) in [7, 11) is 0. The summed E-state index contributed by atoms with van der Waals surface area (Å²) in [6, 6.07) is 0. The molecule has 5 heteroatoms. The summed E-state index contributed by atoms with van der Waals surface area (Å²) in [5.74, 6) is -0.731. The molecule has 72 valence electrons. The van der Waals surface area contributed by atoms with Crippen molar-refractivity contribution in [2.45, 2.75) is 18.9 Å². The van der Waals surface area contributed by atoms with Crippen molar-refractivity contribution < 1.29 is 19.1 Å². The number of esters is 2. The molecule has 1 atom stereocenters. The maximum absolute atomic E-state index is 11.0. The molecule has 0 N–H and O–H groups in total. The van der Waals surface area contributed by atoms with Crippen molar-refractivity contribution in [3.8, 4) is 0 Å². The summed E-state index contributed by atoms with van der Waals surface area (Å²) in [5.41, 5.74) is 1.25. The van der Waals surface area contributed by atoms with Gasteiger partial charge in [-0.3, -0.25) is 9.59 Å². The van der Waals surface area contributed by atoms with E-state index in [4.69, 9.17) is 16.3 Å². The van der Waals surface area contributed by atoms with Crippen LogP contribution in [-0.2, 0) is 19.1 Å². The second kappa shape index (κ2) is 4.87. The first-order chi connectivity index (χ1) is 6.22. The van der Waals surface area contributed by atoms with Gasteiger partial charge in [0.05, 0.1) is 12.8 Å². The van der Waals surface area contributed by atoms with Gasteiger partial charge in [-0.15, -0.1) is 0 Å². The quantitative estimate of drug-likeness (QED) is 0.644. The number of cyclic esters (lactones) is 1. The van der Waals surface area contributed by atoms with Crippen LogP contribution in [-0.4, -0.2) is 24.6 Å². The first-order valence-electron chi connectivity index (χ1n) is 3.82. The lowest BCUT2D eigenvalue weighted by Crippen LogP contribution is -2.17. The van der Waals surface area contributed by atoms with Crippen LogP contribution in [0, 0.1) is 0 Å². The van der Waals surface area contributed by atoms with E-state index in [0.717, 1.165) is 0 Å². The summed E-state index contributed by atoms with van der Waals surface area (Å²) >= 11 is 5.22. The van der Waals surface area contributed by atoms with Gasteiger partial charge in [-0.1, -0.05) is 17.7 Å². The molecule has 1 fully saturated rings. The Morgan fingerprint density at radius 1 is 1.77 bits per heavy atom. The largest absolute Gasteiger partial charge is 0.462 e. The molecular formula is C8H9ClO4. The highest BCUT2D eigenvalue weighted by Gasteiger charge is 2.26. The van der Waals surface area contributed by atoms with Gasteiger partial charge in [0.25, 0.3) is 0 Å². The Labute approximate surface area is 80.5 Å². The van der Waals surface area contributed by atoms with E-state index in [9.17, 15) is 9.59 Å². The molecule has 1 unspecified atom stereocenters. The molecule has 0 radical (unpaired) electrons. The number of carbonyl (C=O) groups is 2. The maximum Gasteiger partial charge on any atom is 0.310 e. The molecule has 0 aromatic heterocycles. The van der Waals surface area contributed by atoms with Crippen molar-refractivity contribution in [2.75, 3.05) is 6.61 Å². The fourth-order valence-electron chi connectivity index (χ4n) is 0.940. The Kier molecular flexibility index (Phi) is 3.76. The van der Waals surface area contributed by atoms with Gasteiger partial charge < -0.3 is 9.47 Å². The van der Waals surface area contributed by atoms with E-state index < -0.39 is 12.1 Å². The molecular weight excluding hydrogens is 196 g/mol. The van der Waals surface area contributed by atoms with Crippen molar-refractivity contribution >= 4 is 23.5 Å². The van der Waals surface area contributed by atoms with Gasteiger partial charge in [0, 0.05) is 5.54 Å². The summed E-state index contributed by atoms with van der Waals surface area (Å²) in [5, 5.41) is 0. The first-order valence-corrected chi connectivity index (χ1v) is 4.26. The van der Waals surface area contributed by atoms with Gasteiger partial charge in [0.1, 0.15) is 12.7 Å².